The zero-order valence-electron chi connectivity index (χ0n) is 11.5. The number of hydrogen-bond acceptors (Lipinski definition) is 1. The van der Waals surface area contributed by atoms with Crippen molar-refractivity contribution in [2.75, 3.05) is 5.32 Å². The van der Waals surface area contributed by atoms with Gasteiger partial charge >= 0.3 is 0 Å². The smallest absolute Gasteiger partial charge is 0.171 e. The Kier molecular flexibility index (Phi) is 4.69. The number of nitrogens with one attached hydrogen (secondary N) is 2. The summed E-state index contributed by atoms with van der Waals surface area (Å²) in [7, 11) is 0. The van der Waals surface area contributed by atoms with E-state index in [9.17, 15) is 0 Å². The lowest BCUT2D eigenvalue weighted by molar-refractivity contribution is 0.283. The first kappa shape index (κ1) is 14.6. The van der Waals surface area contributed by atoms with Crippen molar-refractivity contribution in [3.63, 3.8) is 0 Å². The normalized spacial score (nSPS) is 17.5. The third-order valence-electron chi connectivity index (χ3n) is 4.05. The van der Waals surface area contributed by atoms with E-state index in [4.69, 9.17) is 23.8 Å². The van der Waals surface area contributed by atoms with Crippen LogP contribution in [0.5, 0.6) is 0 Å². The van der Waals surface area contributed by atoms with Crippen LogP contribution in [-0.2, 0) is 0 Å². The van der Waals surface area contributed by atoms with Gasteiger partial charge in [0.25, 0.3) is 0 Å². The molecule has 2 rings (SSSR count). The molecule has 0 aromatic heterocycles. The Labute approximate surface area is 125 Å². The van der Waals surface area contributed by atoms with Gasteiger partial charge < -0.3 is 10.6 Å². The molecule has 2 nitrogen and oxygen atoms in total. The standard InChI is InChI=1S/C15H21ClN2S/c1-11(2)15(8-3-4-9-15)18-14(19)17-13-7-5-6-12(16)10-13/h5-7,10-11H,3-4,8-9H2,1-2H3,(H2,17,18,19). The highest BCUT2D eigenvalue weighted by atomic mass is 35.5. The van der Waals surface area contributed by atoms with Crippen molar-refractivity contribution >= 4 is 34.6 Å². The molecule has 1 fully saturated rings. The number of thiocarbonyl (C=S) groups is 1. The molecule has 1 aromatic carbocycles. The van der Waals surface area contributed by atoms with E-state index >= 15 is 0 Å². The van der Waals surface area contributed by atoms with Gasteiger partial charge in [-0.3, -0.25) is 0 Å². The van der Waals surface area contributed by atoms with Crippen LogP contribution in [0.4, 0.5) is 5.69 Å². The zero-order chi connectivity index (χ0) is 13.9. The molecule has 0 amide bonds. The van der Waals surface area contributed by atoms with Crippen LogP contribution in [0.25, 0.3) is 0 Å². The van der Waals surface area contributed by atoms with E-state index in [1.807, 2.05) is 24.3 Å². The van der Waals surface area contributed by atoms with Crippen molar-refractivity contribution in [2.45, 2.75) is 45.1 Å². The summed E-state index contributed by atoms with van der Waals surface area (Å²) >= 11 is 11.4. The molecule has 0 bridgehead atoms. The van der Waals surface area contributed by atoms with E-state index in [2.05, 4.69) is 24.5 Å². The van der Waals surface area contributed by atoms with Crippen LogP contribution in [0.2, 0.25) is 5.02 Å². The molecule has 0 unspecified atom stereocenters. The summed E-state index contributed by atoms with van der Waals surface area (Å²) in [5.41, 5.74) is 1.09. The maximum atomic E-state index is 5.97. The Morgan fingerprint density at radius 3 is 2.58 bits per heavy atom. The highest BCUT2D eigenvalue weighted by molar-refractivity contribution is 7.80. The van der Waals surface area contributed by atoms with Gasteiger partial charge in [0.15, 0.2) is 5.11 Å². The summed E-state index contributed by atoms with van der Waals surface area (Å²) in [4.78, 5) is 0. The van der Waals surface area contributed by atoms with E-state index in [1.165, 1.54) is 25.7 Å². The Morgan fingerprint density at radius 1 is 1.32 bits per heavy atom. The summed E-state index contributed by atoms with van der Waals surface area (Å²) < 4.78 is 0. The van der Waals surface area contributed by atoms with Crippen LogP contribution in [0.1, 0.15) is 39.5 Å². The van der Waals surface area contributed by atoms with Gasteiger partial charge in [-0.25, -0.2) is 0 Å². The SMILES string of the molecule is CC(C)C1(NC(=S)Nc2cccc(Cl)c2)CCCC1. The molecule has 4 heteroatoms. The van der Waals surface area contributed by atoms with Gasteiger partial charge in [0, 0.05) is 16.2 Å². The Morgan fingerprint density at radius 2 is 2.00 bits per heavy atom. The number of halogens is 1. The molecular formula is C15H21ClN2S. The molecule has 0 heterocycles. The fourth-order valence-electron chi connectivity index (χ4n) is 2.81. The second kappa shape index (κ2) is 6.10. The lowest BCUT2D eigenvalue weighted by atomic mass is 9.85. The molecule has 1 saturated carbocycles. The van der Waals surface area contributed by atoms with Crippen LogP contribution in [0, 0.1) is 5.92 Å². The monoisotopic (exact) mass is 296 g/mol. The molecule has 1 aromatic rings. The summed E-state index contributed by atoms with van der Waals surface area (Å²) in [5, 5.41) is 8.17. The lowest BCUT2D eigenvalue weighted by Gasteiger charge is -2.35. The quantitative estimate of drug-likeness (QED) is 0.798. The molecule has 0 aliphatic heterocycles. The first-order chi connectivity index (χ1) is 9.02. The van der Waals surface area contributed by atoms with Gasteiger partial charge in [-0.15, -0.1) is 0 Å². The van der Waals surface area contributed by atoms with E-state index in [-0.39, 0.29) is 5.54 Å². The summed E-state index contributed by atoms with van der Waals surface area (Å²) in [5.74, 6) is 0.578. The predicted octanol–water partition coefficient (Wildman–Crippen LogP) is 4.60. The Balaban J connectivity index is 2.00. The van der Waals surface area contributed by atoms with Crippen molar-refractivity contribution in [2.24, 2.45) is 5.92 Å². The molecule has 1 aliphatic carbocycles. The minimum Gasteiger partial charge on any atom is -0.357 e. The molecule has 2 N–H and O–H groups in total. The van der Waals surface area contributed by atoms with Crippen LogP contribution >= 0.6 is 23.8 Å². The van der Waals surface area contributed by atoms with Gasteiger partial charge in [-0.1, -0.05) is 44.4 Å². The summed E-state index contributed by atoms with van der Waals surface area (Å²) in [6.07, 6.45) is 4.96. The number of anilines is 1. The van der Waals surface area contributed by atoms with Crippen LogP contribution in [0.15, 0.2) is 24.3 Å². The van der Waals surface area contributed by atoms with Crippen molar-refractivity contribution < 1.29 is 0 Å². The van der Waals surface area contributed by atoms with Crippen molar-refractivity contribution in [1.29, 1.82) is 0 Å². The average Bonchev–Trinajstić information content (AvgIpc) is 2.78. The average molecular weight is 297 g/mol. The third kappa shape index (κ3) is 3.61. The van der Waals surface area contributed by atoms with Crippen molar-refractivity contribution in [1.82, 2.24) is 5.32 Å². The fourth-order valence-corrected chi connectivity index (χ4v) is 3.32. The third-order valence-corrected chi connectivity index (χ3v) is 4.49. The van der Waals surface area contributed by atoms with E-state index in [1.54, 1.807) is 0 Å². The largest absolute Gasteiger partial charge is 0.357 e. The Bertz CT molecular complexity index is 453. The second-order valence-electron chi connectivity index (χ2n) is 5.61. The van der Waals surface area contributed by atoms with E-state index in [0.29, 0.717) is 16.1 Å². The highest BCUT2D eigenvalue weighted by Gasteiger charge is 2.37. The second-order valence-corrected chi connectivity index (χ2v) is 6.45. The minimum atomic E-state index is 0.155. The van der Waals surface area contributed by atoms with Crippen LogP contribution < -0.4 is 10.6 Å². The van der Waals surface area contributed by atoms with E-state index in [0.717, 1.165) is 5.69 Å². The minimum absolute atomic E-state index is 0.155. The Hall–Kier alpha value is -0.800. The first-order valence-electron chi connectivity index (χ1n) is 6.86. The summed E-state index contributed by atoms with van der Waals surface area (Å²) in [6.45, 7) is 4.53. The van der Waals surface area contributed by atoms with Crippen LogP contribution in [-0.4, -0.2) is 10.7 Å². The predicted molar refractivity (Wildman–Crippen MR) is 86.8 cm³/mol. The lowest BCUT2D eigenvalue weighted by Crippen LogP contribution is -2.51. The molecule has 0 spiro atoms. The molecule has 0 saturated heterocycles. The van der Waals surface area contributed by atoms with Gasteiger partial charge in [-0.05, 0) is 49.2 Å². The van der Waals surface area contributed by atoms with Crippen molar-refractivity contribution in [3.05, 3.63) is 29.3 Å². The molecule has 0 atom stereocenters. The molecule has 19 heavy (non-hydrogen) atoms. The number of benzene rings is 1. The summed E-state index contributed by atoms with van der Waals surface area (Å²) in [6, 6.07) is 7.62. The maximum Gasteiger partial charge on any atom is 0.171 e. The number of rotatable bonds is 3. The molecule has 1 aliphatic rings. The van der Waals surface area contributed by atoms with Crippen LogP contribution in [0.3, 0.4) is 0 Å². The van der Waals surface area contributed by atoms with Gasteiger partial charge in [-0.2, -0.15) is 0 Å². The van der Waals surface area contributed by atoms with Gasteiger partial charge in [0.2, 0.25) is 0 Å². The van der Waals surface area contributed by atoms with E-state index < -0.39 is 0 Å². The molecule has 104 valence electrons. The van der Waals surface area contributed by atoms with Gasteiger partial charge in [0.1, 0.15) is 0 Å². The zero-order valence-corrected chi connectivity index (χ0v) is 13.1. The fraction of sp³-hybridized carbons (Fsp3) is 0.533. The topological polar surface area (TPSA) is 24.1 Å². The first-order valence-corrected chi connectivity index (χ1v) is 7.65. The molecular weight excluding hydrogens is 276 g/mol. The highest BCUT2D eigenvalue weighted by Crippen LogP contribution is 2.35. The number of hydrogen-bond donors (Lipinski definition) is 2. The maximum absolute atomic E-state index is 5.97. The van der Waals surface area contributed by atoms with Crippen molar-refractivity contribution in [3.8, 4) is 0 Å². The molecule has 0 radical (unpaired) electrons. The van der Waals surface area contributed by atoms with Gasteiger partial charge in [0.05, 0.1) is 0 Å².